The molecule has 0 unspecified atom stereocenters. The Hall–Kier alpha value is -4.73. The SMILES string of the molecule is C=CC(=O)OCCCCCC(=O)Oc1ccc(OC(=O)c2ccc(OC(=O)OC(=O)C=C)cc2)cc1. The van der Waals surface area contributed by atoms with Crippen LogP contribution in [0.3, 0.4) is 0 Å². The fraction of sp³-hybridized carbons (Fsp3) is 0.192. The topological polar surface area (TPSA) is 132 Å². The number of carbonyl (C=O) groups excluding carboxylic acids is 5. The van der Waals surface area contributed by atoms with E-state index in [4.69, 9.17) is 18.9 Å². The molecule has 188 valence electrons. The molecule has 0 aliphatic rings. The van der Waals surface area contributed by atoms with Crippen molar-refractivity contribution >= 4 is 30.0 Å². The van der Waals surface area contributed by atoms with Crippen LogP contribution in [0.25, 0.3) is 0 Å². The molecule has 10 heteroatoms. The van der Waals surface area contributed by atoms with Crippen LogP contribution in [0.5, 0.6) is 17.2 Å². The minimum atomic E-state index is -1.23. The van der Waals surface area contributed by atoms with E-state index >= 15 is 0 Å². The Morgan fingerprint density at radius 2 is 1.22 bits per heavy atom. The van der Waals surface area contributed by atoms with Gasteiger partial charge in [-0.05, 0) is 67.8 Å². The Bertz CT molecular complexity index is 1100. The van der Waals surface area contributed by atoms with Crippen LogP contribution in [0.15, 0.2) is 73.8 Å². The smallest absolute Gasteiger partial charge is 0.463 e. The third-order valence-corrected chi connectivity index (χ3v) is 4.34. The second kappa shape index (κ2) is 14.5. The molecule has 0 saturated heterocycles. The summed E-state index contributed by atoms with van der Waals surface area (Å²) >= 11 is 0. The fourth-order valence-corrected chi connectivity index (χ4v) is 2.60. The Morgan fingerprint density at radius 3 is 1.83 bits per heavy atom. The van der Waals surface area contributed by atoms with E-state index in [9.17, 15) is 24.0 Å². The second-order valence-electron chi connectivity index (χ2n) is 7.02. The van der Waals surface area contributed by atoms with Crippen LogP contribution in [0, 0.1) is 0 Å². The Kier molecular flexibility index (Phi) is 11.1. The summed E-state index contributed by atoms with van der Waals surface area (Å²) in [7, 11) is 0. The lowest BCUT2D eigenvalue weighted by atomic mass is 10.2. The number of hydrogen-bond acceptors (Lipinski definition) is 10. The largest absolute Gasteiger partial charge is 0.521 e. The first-order valence-electron chi connectivity index (χ1n) is 10.8. The van der Waals surface area contributed by atoms with Crippen molar-refractivity contribution in [1.82, 2.24) is 0 Å². The van der Waals surface area contributed by atoms with Gasteiger partial charge in [0.1, 0.15) is 17.2 Å². The van der Waals surface area contributed by atoms with Crippen LogP contribution in [0.1, 0.15) is 36.0 Å². The van der Waals surface area contributed by atoms with E-state index in [2.05, 4.69) is 17.9 Å². The Labute approximate surface area is 207 Å². The van der Waals surface area contributed by atoms with Gasteiger partial charge in [0, 0.05) is 18.6 Å². The number of benzene rings is 2. The van der Waals surface area contributed by atoms with E-state index in [0.29, 0.717) is 25.0 Å². The second-order valence-corrected chi connectivity index (χ2v) is 7.02. The lowest BCUT2D eigenvalue weighted by Crippen LogP contribution is -2.14. The maximum absolute atomic E-state index is 12.3. The van der Waals surface area contributed by atoms with Gasteiger partial charge in [0.2, 0.25) is 0 Å². The molecule has 0 N–H and O–H groups in total. The number of ether oxygens (including phenoxy) is 5. The number of hydrogen-bond donors (Lipinski definition) is 0. The number of unbranched alkanes of at least 4 members (excludes halogenated alkanes) is 2. The van der Waals surface area contributed by atoms with Crippen LogP contribution < -0.4 is 14.2 Å². The molecule has 0 heterocycles. The molecule has 2 aromatic rings. The quantitative estimate of drug-likeness (QED) is 0.104. The summed E-state index contributed by atoms with van der Waals surface area (Å²) in [6.45, 7) is 6.73. The highest BCUT2D eigenvalue weighted by atomic mass is 16.7. The monoisotopic (exact) mass is 496 g/mol. The van der Waals surface area contributed by atoms with Gasteiger partial charge < -0.3 is 23.7 Å². The Balaban J connectivity index is 1.75. The van der Waals surface area contributed by atoms with Gasteiger partial charge in [-0.1, -0.05) is 13.2 Å². The zero-order valence-electron chi connectivity index (χ0n) is 19.3. The summed E-state index contributed by atoms with van der Waals surface area (Å²) in [6.07, 6.45) is 2.78. The summed E-state index contributed by atoms with van der Waals surface area (Å²) in [5.41, 5.74) is 0.174. The molecule has 0 atom stereocenters. The molecule has 0 saturated carbocycles. The molecular formula is C26H24O10. The average Bonchev–Trinajstić information content (AvgIpc) is 2.87. The fourth-order valence-electron chi connectivity index (χ4n) is 2.60. The van der Waals surface area contributed by atoms with Crippen LogP contribution in [0.2, 0.25) is 0 Å². The standard InChI is InChI=1S/C26H24O10/c1-3-22(27)32-17-7-5-6-8-24(29)33-19-13-15-20(16-14-19)34-25(30)18-9-11-21(12-10-18)35-26(31)36-23(28)4-2/h3-4,9-16H,1-2,5-8,17H2. The van der Waals surface area contributed by atoms with E-state index in [1.165, 1.54) is 48.5 Å². The first-order chi connectivity index (χ1) is 17.3. The molecule has 36 heavy (non-hydrogen) atoms. The number of esters is 4. The van der Waals surface area contributed by atoms with Gasteiger partial charge in [-0.25, -0.2) is 19.2 Å². The highest BCUT2D eigenvalue weighted by Gasteiger charge is 2.13. The molecule has 10 nitrogen and oxygen atoms in total. The number of rotatable bonds is 12. The van der Waals surface area contributed by atoms with Crippen molar-refractivity contribution in [3.8, 4) is 17.2 Å². The van der Waals surface area contributed by atoms with Crippen molar-refractivity contribution in [3.05, 3.63) is 79.4 Å². The molecule has 0 aliphatic heterocycles. The molecule has 0 aliphatic carbocycles. The summed E-state index contributed by atoms with van der Waals surface area (Å²) in [4.78, 5) is 57.5. The van der Waals surface area contributed by atoms with E-state index < -0.39 is 30.0 Å². The summed E-state index contributed by atoms with van der Waals surface area (Å²) in [6, 6.07) is 11.3. The molecule has 0 bridgehead atoms. The zero-order chi connectivity index (χ0) is 26.3. The molecular weight excluding hydrogens is 472 g/mol. The van der Waals surface area contributed by atoms with Gasteiger partial charge in [0.15, 0.2) is 0 Å². The van der Waals surface area contributed by atoms with Crippen LogP contribution in [0.4, 0.5) is 4.79 Å². The third-order valence-electron chi connectivity index (χ3n) is 4.34. The van der Waals surface area contributed by atoms with Gasteiger partial charge in [-0.15, -0.1) is 0 Å². The first kappa shape index (κ1) is 27.5. The molecule has 0 fully saturated rings. The molecule has 0 aromatic heterocycles. The van der Waals surface area contributed by atoms with Gasteiger partial charge in [-0.2, -0.15) is 0 Å². The van der Waals surface area contributed by atoms with Gasteiger partial charge in [-0.3, -0.25) is 4.79 Å². The average molecular weight is 496 g/mol. The minimum absolute atomic E-state index is 0.0516. The predicted octanol–water partition coefficient (Wildman–Crippen LogP) is 4.33. The molecule has 0 spiro atoms. The van der Waals surface area contributed by atoms with Crippen molar-refractivity contribution in [1.29, 1.82) is 0 Å². The molecule has 2 rings (SSSR count). The van der Waals surface area contributed by atoms with Gasteiger partial charge in [0.05, 0.1) is 12.2 Å². The molecule has 0 radical (unpaired) electrons. The highest BCUT2D eigenvalue weighted by Crippen LogP contribution is 2.20. The van der Waals surface area contributed by atoms with Crippen molar-refractivity contribution in [2.24, 2.45) is 0 Å². The van der Waals surface area contributed by atoms with E-state index in [1.54, 1.807) is 0 Å². The number of carbonyl (C=O) groups is 5. The maximum atomic E-state index is 12.3. The van der Waals surface area contributed by atoms with Crippen molar-refractivity contribution in [3.63, 3.8) is 0 Å². The third kappa shape index (κ3) is 10.0. The van der Waals surface area contributed by atoms with Crippen molar-refractivity contribution < 1.29 is 47.7 Å². The zero-order valence-corrected chi connectivity index (χ0v) is 19.3. The van der Waals surface area contributed by atoms with Gasteiger partial charge >= 0.3 is 30.0 Å². The summed E-state index contributed by atoms with van der Waals surface area (Å²) in [5, 5.41) is 0. The van der Waals surface area contributed by atoms with Crippen molar-refractivity contribution in [2.75, 3.05) is 6.61 Å². The summed E-state index contributed by atoms with van der Waals surface area (Å²) in [5.74, 6) is -1.95. The van der Waals surface area contributed by atoms with E-state index in [1.807, 2.05) is 0 Å². The summed E-state index contributed by atoms with van der Waals surface area (Å²) < 4.78 is 24.4. The lowest BCUT2D eigenvalue weighted by molar-refractivity contribution is -0.138. The van der Waals surface area contributed by atoms with Crippen LogP contribution >= 0.6 is 0 Å². The predicted molar refractivity (Wildman–Crippen MR) is 125 cm³/mol. The Morgan fingerprint density at radius 1 is 0.667 bits per heavy atom. The molecule has 0 amide bonds. The lowest BCUT2D eigenvalue weighted by Gasteiger charge is -2.08. The van der Waals surface area contributed by atoms with Crippen LogP contribution in [-0.2, 0) is 23.9 Å². The first-order valence-corrected chi connectivity index (χ1v) is 10.8. The van der Waals surface area contributed by atoms with E-state index in [0.717, 1.165) is 12.2 Å². The molecule has 2 aromatic carbocycles. The van der Waals surface area contributed by atoms with E-state index in [-0.39, 0.29) is 30.1 Å². The maximum Gasteiger partial charge on any atom is 0.521 e. The van der Waals surface area contributed by atoms with Crippen molar-refractivity contribution in [2.45, 2.75) is 25.7 Å². The normalized spacial score (nSPS) is 9.89. The van der Waals surface area contributed by atoms with Gasteiger partial charge in [0.25, 0.3) is 0 Å². The minimum Gasteiger partial charge on any atom is -0.463 e. The van der Waals surface area contributed by atoms with Crippen LogP contribution in [-0.4, -0.2) is 36.6 Å². The highest BCUT2D eigenvalue weighted by molar-refractivity contribution is 5.92.